The Kier molecular flexibility index (Phi) is 4.54. The third-order valence-electron chi connectivity index (χ3n) is 3.65. The number of thiophene rings is 1. The van der Waals surface area contributed by atoms with Crippen LogP contribution in [0.25, 0.3) is 0 Å². The van der Waals surface area contributed by atoms with Crippen LogP contribution < -0.4 is 0 Å². The number of halogens is 2. The molecule has 9 heteroatoms. The van der Waals surface area contributed by atoms with Crippen LogP contribution in [0.2, 0.25) is 0 Å². The zero-order valence-electron chi connectivity index (χ0n) is 12.3. The Morgan fingerprint density at radius 2 is 2.08 bits per heavy atom. The minimum Gasteiger partial charge on any atom is -0.370 e. The molecule has 2 aromatic rings. The van der Waals surface area contributed by atoms with E-state index in [4.69, 9.17) is 4.74 Å². The Morgan fingerprint density at radius 1 is 1.29 bits per heavy atom. The zero-order chi connectivity index (χ0) is 17.3. The Balaban J connectivity index is 1.75. The van der Waals surface area contributed by atoms with Crippen molar-refractivity contribution < 1.29 is 23.2 Å². The molecule has 1 saturated heterocycles. The number of nitro groups is 1. The molecule has 126 valence electrons. The highest BCUT2D eigenvalue weighted by Crippen LogP contribution is 2.28. The Hall–Kier alpha value is -2.39. The van der Waals surface area contributed by atoms with Crippen LogP contribution in [-0.4, -0.2) is 35.4 Å². The van der Waals surface area contributed by atoms with Crippen LogP contribution in [0.5, 0.6) is 0 Å². The summed E-state index contributed by atoms with van der Waals surface area (Å²) < 4.78 is 31.9. The minimum absolute atomic E-state index is 0.108. The van der Waals surface area contributed by atoms with Crippen LogP contribution in [0, 0.1) is 21.7 Å². The maximum Gasteiger partial charge on any atom is 0.324 e. The summed E-state index contributed by atoms with van der Waals surface area (Å²) in [5.41, 5.74) is 0.434. The molecule has 1 aliphatic rings. The molecule has 24 heavy (non-hydrogen) atoms. The van der Waals surface area contributed by atoms with E-state index < -0.39 is 22.7 Å². The predicted octanol–water partition coefficient (Wildman–Crippen LogP) is 3.15. The standard InChI is InChI=1S/C15H12F2N2O4S/c16-10-2-1-9(7-11(10)17)12-8-18(5-6-23-12)15(20)13-3-4-14(24-13)19(21)22/h1-4,7,12H,5-6,8H2. The summed E-state index contributed by atoms with van der Waals surface area (Å²) in [6, 6.07) is 6.16. The van der Waals surface area contributed by atoms with Crippen molar-refractivity contribution in [2.75, 3.05) is 19.7 Å². The van der Waals surface area contributed by atoms with Gasteiger partial charge in [0.1, 0.15) is 6.10 Å². The Morgan fingerprint density at radius 3 is 2.75 bits per heavy atom. The summed E-state index contributed by atoms with van der Waals surface area (Å²) in [5.74, 6) is -2.27. The summed E-state index contributed by atoms with van der Waals surface area (Å²) in [4.78, 5) is 24.4. The molecule has 6 nitrogen and oxygen atoms in total. The summed E-state index contributed by atoms with van der Waals surface area (Å²) in [6.45, 7) is 0.725. The average Bonchev–Trinajstić information content (AvgIpc) is 3.07. The van der Waals surface area contributed by atoms with Crippen LogP contribution in [0.1, 0.15) is 21.3 Å². The second-order valence-corrected chi connectivity index (χ2v) is 6.24. The molecular formula is C15H12F2N2O4S. The van der Waals surface area contributed by atoms with Crippen molar-refractivity contribution in [2.45, 2.75) is 6.10 Å². The van der Waals surface area contributed by atoms with E-state index >= 15 is 0 Å². The second kappa shape index (κ2) is 6.62. The molecule has 0 spiro atoms. The molecule has 1 aromatic heterocycles. The number of carbonyl (C=O) groups excluding carboxylic acids is 1. The molecule has 1 aliphatic heterocycles. The second-order valence-electron chi connectivity index (χ2n) is 5.18. The smallest absolute Gasteiger partial charge is 0.324 e. The highest BCUT2D eigenvalue weighted by molar-refractivity contribution is 7.17. The average molecular weight is 354 g/mol. The van der Waals surface area contributed by atoms with Crippen LogP contribution in [-0.2, 0) is 4.74 Å². The summed E-state index contributed by atoms with van der Waals surface area (Å²) >= 11 is 0.803. The van der Waals surface area contributed by atoms with Gasteiger partial charge in [-0.05, 0) is 23.8 Å². The van der Waals surface area contributed by atoms with Gasteiger partial charge in [-0.15, -0.1) is 0 Å². The van der Waals surface area contributed by atoms with Crippen molar-refractivity contribution in [1.82, 2.24) is 4.90 Å². The summed E-state index contributed by atoms with van der Waals surface area (Å²) in [6.07, 6.45) is -0.576. The lowest BCUT2D eigenvalue weighted by atomic mass is 10.1. The fourth-order valence-corrected chi connectivity index (χ4v) is 3.23. The number of rotatable bonds is 3. The molecule has 0 aliphatic carbocycles. The van der Waals surface area contributed by atoms with Crippen LogP contribution >= 0.6 is 11.3 Å². The monoisotopic (exact) mass is 354 g/mol. The van der Waals surface area contributed by atoms with Gasteiger partial charge >= 0.3 is 5.00 Å². The third kappa shape index (κ3) is 3.26. The number of amides is 1. The molecule has 0 bridgehead atoms. The molecule has 3 rings (SSSR count). The van der Waals surface area contributed by atoms with Crippen LogP contribution in [0.3, 0.4) is 0 Å². The van der Waals surface area contributed by atoms with E-state index in [1.807, 2.05) is 0 Å². The Bertz CT molecular complexity index is 796. The number of hydrogen-bond donors (Lipinski definition) is 0. The molecule has 1 atom stereocenters. The first-order valence-corrected chi connectivity index (χ1v) is 7.87. The van der Waals surface area contributed by atoms with E-state index in [0.717, 1.165) is 23.5 Å². The molecular weight excluding hydrogens is 342 g/mol. The van der Waals surface area contributed by atoms with E-state index in [1.54, 1.807) is 0 Å². The molecule has 0 saturated carbocycles. The molecule has 2 heterocycles. The lowest BCUT2D eigenvalue weighted by Gasteiger charge is -2.33. The Labute approximate surface area is 139 Å². The van der Waals surface area contributed by atoms with Gasteiger partial charge in [-0.1, -0.05) is 17.4 Å². The van der Waals surface area contributed by atoms with Crippen molar-refractivity contribution in [3.63, 3.8) is 0 Å². The molecule has 0 N–H and O–H groups in total. The molecule has 1 aromatic carbocycles. The maximum absolute atomic E-state index is 13.4. The van der Waals surface area contributed by atoms with E-state index in [2.05, 4.69) is 0 Å². The SMILES string of the molecule is O=C(c1ccc([N+](=O)[O-])s1)N1CCOC(c2ccc(F)c(F)c2)C1. The van der Waals surface area contributed by atoms with Crippen molar-refractivity contribution >= 4 is 22.2 Å². The number of hydrogen-bond acceptors (Lipinski definition) is 5. The zero-order valence-corrected chi connectivity index (χ0v) is 13.1. The fraction of sp³-hybridized carbons (Fsp3) is 0.267. The normalized spacial score (nSPS) is 17.8. The van der Waals surface area contributed by atoms with Crippen LogP contribution in [0.4, 0.5) is 13.8 Å². The molecule has 1 amide bonds. The van der Waals surface area contributed by atoms with Gasteiger partial charge in [0.25, 0.3) is 5.91 Å². The van der Waals surface area contributed by atoms with Crippen molar-refractivity contribution in [3.8, 4) is 0 Å². The number of benzene rings is 1. The van der Waals surface area contributed by atoms with E-state index in [1.165, 1.54) is 23.1 Å². The van der Waals surface area contributed by atoms with E-state index in [9.17, 15) is 23.7 Å². The van der Waals surface area contributed by atoms with Crippen molar-refractivity contribution in [3.05, 3.63) is 62.5 Å². The first-order chi connectivity index (χ1) is 11.5. The number of carbonyl (C=O) groups is 1. The van der Waals surface area contributed by atoms with E-state index in [0.29, 0.717) is 12.1 Å². The predicted molar refractivity (Wildman–Crippen MR) is 81.9 cm³/mol. The fourth-order valence-electron chi connectivity index (χ4n) is 2.44. The highest BCUT2D eigenvalue weighted by atomic mass is 32.1. The third-order valence-corrected chi connectivity index (χ3v) is 4.68. The highest BCUT2D eigenvalue weighted by Gasteiger charge is 2.28. The van der Waals surface area contributed by atoms with Gasteiger partial charge in [-0.3, -0.25) is 14.9 Å². The summed E-state index contributed by atoms with van der Waals surface area (Å²) in [7, 11) is 0. The minimum atomic E-state index is -0.978. The van der Waals surface area contributed by atoms with E-state index in [-0.39, 0.29) is 28.9 Å². The van der Waals surface area contributed by atoms with Crippen molar-refractivity contribution in [1.29, 1.82) is 0 Å². The number of morpholine rings is 1. The van der Waals surface area contributed by atoms with Crippen molar-refractivity contribution in [2.24, 2.45) is 0 Å². The van der Waals surface area contributed by atoms with Gasteiger partial charge in [0.05, 0.1) is 23.0 Å². The largest absolute Gasteiger partial charge is 0.370 e. The number of ether oxygens (including phenoxy) is 1. The molecule has 1 fully saturated rings. The summed E-state index contributed by atoms with van der Waals surface area (Å²) in [5, 5.41) is 10.6. The maximum atomic E-state index is 13.4. The van der Waals surface area contributed by atoms with Crippen LogP contribution in [0.15, 0.2) is 30.3 Å². The number of nitrogens with zero attached hydrogens (tertiary/aromatic N) is 2. The van der Waals surface area contributed by atoms with Gasteiger partial charge < -0.3 is 9.64 Å². The van der Waals surface area contributed by atoms with Gasteiger partial charge in [-0.2, -0.15) is 0 Å². The topological polar surface area (TPSA) is 72.7 Å². The first-order valence-electron chi connectivity index (χ1n) is 7.06. The molecule has 1 unspecified atom stereocenters. The van der Waals surface area contributed by atoms with Gasteiger partial charge in [0, 0.05) is 12.6 Å². The van der Waals surface area contributed by atoms with Gasteiger partial charge in [0.15, 0.2) is 11.6 Å². The molecule has 0 radical (unpaired) electrons. The quantitative estimate of drug-likeness (QED) is 0.627. The van der Waals surface area contributed by atoms with Gasteiger partial charge in [-0.25, -0.2) is 8.78 Å². The lowest BCUT2D eigenvalue weighted by Crippen LogP contribution is -2.42. The first kappa shape index (κ1) is 16.5. The lowest BCUT2D eigenvalue weighted by molar-refractivity contribution is -0.380. The van der Waals surface area contributed by atoms with Gasteiger partial charge in [0.2, 0.25) is 0 Å².